The van der Waals surface area contributed by atoms with Crippen molar-refractivity contribution in [3.63, 3.8) is 0 Å². The number of likely N-dealkylation sites (tertiary alicyclic amines) is 1. The molecule has 0 spiro atoms. The van der Waals surface area contributed by atoms with Crippen molar-refractivity contribution in [1.29, 1.82) is 0 Å². The molecule has 2 N–H and O–H groups in total. The van der Waals surface area contributed by atoms with Gasteiger partial charge in [-0.1, -0.05) is 24.3 Å². The highest BCUT2D eigenvalue weighted by Gasteiger charge is 2.33. The minimum atomic E-state index is -0.243. The number of aromatic hydroxyl groups is 2. The van der Waals surface area contributed by atoms with E-state index >= 15 is 0 Å². The monoisotopic (exact) mass is 495 g/mol. The molecule has 5 rings (SSSR count). The molecule has 0 aliphatic carbocycles. The molecule has 0 amide bonds. The number of hydrogen-bond acceptors (Lipinski definition) is 6. The zero-order valence-electron chi connectivity index (χ0n) is 19.5. The average molecular weight is 496 g/mol. The molecule has 0 bridgehead atoms. The van der Waals surface area contributed by atoms with Gasteiger partial charge in [0.15, 0.2) is 0 Å². The summed E-state index contributed by atoms with van der Waals surface area (Å²) < 4.78 is 25.0. The molecule has 0 unspecified atom stereocenters. The number of fused-ring (bicyclic) bond motifs is 1. The number of rotatable bonds is 8. The zero-order chi connectivity index (χ0) is 24.2. The molecule has 1 fully saturated rings. The molecule has 3 atom stereocenters. The van der Waals surface area contributed by atoms with E-state index in [0.29, 0.717) is 18.9 Å². The Morgan fingerprint density at radius 1 is 0.971 bits per heavy atom. The first-order valence-corrected chi connectivity index (χ1v) is 12.9. The topological polar surface area (TPSA) is 62.2 Å². The van der Waals surface area contributed by atoms with Crippen LogP contribution in [-0.2, 0) is 0 Å². The minimum Gasteiger partial charge on any atom is -0.508 e. The molecule has 0 radical (unpaired) electrons. The first-order valence-electron chi connectivity index (χ1n) is 12.1. The highest BCUT2D eigenvalue weighted by molar-refractivity contribution is 7.99. The molecular formula is C28H30FNO4S. The van der Waals surface area contributed by atoms with Crippen LogP contribution in [0.25, 0.3) is 0 Å². The first kappa shape index (κ1) is 23.8. The Balaban J connectivity index is 1.27. The molecule has 2 aliphatic rings. The molecule has 2 heterocycles. The van der Waals surface area contributed by atoms with E-state index in [2.05, 4.69) is 4.90 Å². The van der Waals surface area contributed by atoms with Crippen LogP contribution in [0, 0.1) is 5.92 Å². The van der Waals surface area contributed by atoms with E-state index in [9.17, 15) is 14.6 Å². The summed E-state index contributed by atoms with van der Waals surface area (Å²) >= 11 is 1.64. The lowest BCUT2D eigenvalue weighted by molar-refractivity contribution is 0.190. The SMILES string of the molecule is Oc1ccc([C@H]2Sc3cc(O)ccc3O[C@H]2c2ccc(OCCN3CC[C@@H](CCF)C3)cc2)cc1. The van der Waals surface area contributed by atoms with Crippen LogP contribution < -0.4 is 9.47 Å². The van der Waals surface area contributed by atoms with E-state index in [-0.39, 0.29) is 29.5 Å². The van der Waals surface area contributed by atoms with Crippen molar-refractivity contribution in [2.45, 2.75) is 29.1 Å². The predicted octanol–water partition coefficient (Wildman–Crippen LogP) is 6.13. The van der Waals surface area contributed by atoms with Crippen LogP contribution in [0.3, 0.4) is 0 Å². The fourth-order valence-electron chi connectivity index (χ4n) is 4.79. The van der Waals surface area contributed by atoms with E-state index in [1.54, 1.807) is 42.1 Å². The second-order valence-corrected chi connectivity index (χ2v) is 10.3. The number of phenols is 2. The summed E-state index contributed by atoms with van der Waals surface area (Å²) in [4.78, 5) is 3.23. The van der Waals surface area contributed by atoms with E-state index < -0.39 is 0 Å². The van der Waals surface area contributed by atoms with Gasteiger partial charge in [0.1, 0.15) is 35.7 Å². The second-order valence-electron chi connectivity index (χ2n) is 9.15. The fraction of sp³-hybridized carbons (Fsp3) is 0.357. The van der Waals surface area contributed by atoms with E-state index in [4.69, 9.17) is 9.47 Å². The number of nitrogens with zero attached hydrogens (tertiary/aromatic N) is 1. The van der Waals surface area contributed by atoms with Gasteiger partial charge < -0.3 is 19.7 Å². The van der Waals surface area contributed by atoms with Gasteiger partial charge in [-0.05, 0) is 78.9 Å². The van der Waals surface area contributed by atoms with Crippen LogP contribution >= 0.6 is 11.8 Å². The average Bonchev–Trinajstić information content (AvgIpc) is 3.32. The van der Waals surface area contributed by atoms with Gasteiger partial charge in [0.05, 0.1) is 16.8 Å². The van der Waals surface area contributed by atoms with Gasteiger partial charge in [-0.2, -0.15) is 0 Å². The van der Waals surface area contributed by atoms with Gasteiger partial charge in [-0.3, -0.25) is 9.29 Å². The number of halogens is 1. The molecule has 7 heteroatoms. The van der Waals surface area contributed by atoms with E-state index in [0.717, 1.165) is 53.6 Å². The smallest absolute Gasteiger partial charge is 0.140 e. The van der Waals surface area contributed by atoms with Crippen molar-refractivity contribution in [2.75, 3.05) is 32.9 Å². The Hall–Kier alpha value is -2.90. The lowest BCUT2D eigenvalue weighted by Gasteiger charge is -2.34. The molecule has 5 nitrogen and oxygen atoms in total. The number of thioether (sulfide) groups is 1. The molecule has 2 aliphatic heterocycles. The van der Waals surface area contributed by atoms with Gasteiger partial charge in [0.25, 0.3) is 0 Å². The summed E-state index contributed by atoms with van der Waals surface area (Å²) in [6, 6.07) is 20.3. The maximum Gasteiger partial charge on any atom is 0.140 e. The number of phenolic OH excluding ortho intramolecular Hbond substituents is 2. The lowest BCUT2D eigenvalue weighted by Crippen LogP contribution is -2.26. The van der Waals surface area contributed by atoms with Crippen molar-refractivity contribution in [1.82, 2.24) is 4.90 Å². The van der Waals surface area contributed by atoms with Crippen LogP contribution in [0.1, 0.15) is 35.3 Å². The summed E-state index contributed by atoms with van der Waals surface area (Å²) in [5.41, 5.74) is 2.05. The van der Waals surface area contributed by atoms with Crippen LogP contribution in [0.4, 0.5) is 4.39 Å². The molecular weight excluding hydrogens is 465 g/mol. The first-order chi connectivity index (χ1) is 17.1. The quantitative estimate of drug-likeness (QED) is 0.392. The Labute approximate surface area is 209 Å². The van der Waals surface area contributed by atoms with Gasteiger partial charge >= 0.3 is 0 Å². The van der Waals surface area contributed by atoms with Gasteiger partial charge in [0, 0.05) is 13.1 Å². The third-order valence-corrected chi connectivity index (χ3v) is 8.05. The molecule has 0 aromatic heterocycles. The van der Waals surface area contributed by atoms with Crippen molar-refractivity contribution in [3.8, 4) is 23.0 Å². The van der Waals surface area contributed by atoms with Crippen molar-refractivity contribution in [2.24, 2.45) is 5.92 Å². The van der Waals surface area contributed by atoms with E-state index in [1.165, 1.54) is 0 Å². The van der Waals surface area contributed by atoms with Crippen molar-refractivity contribution in [3.05, 3.63) is 77.9 Å². The largest absolute Gasteiger partial charge is 0.508 e. The normalized spacial score (nSPS) is 21.9. The maximum atomic E-state index is 12.6. The van der Waals surface area contributed by atoms with Gasteiger partial charge in [-0.15, -0.1) is 11.8 Å². The number of alkyl halides is 1. The van der Waals surface area contributed by atoms with Crippen LogP contribution in [0.2, 0.25) is 0 Å². The minimum absolute atomic E-state index is 0.0518. The number of benzene rings is 3. The second kappa shape index (κ2) is 10.8. The third-order valence-electron chi connectivity index (χ3n) is 6.70. The molecule has 0 saturated carbocycles. The number of ether oxygens (including phenoxy) is 2. The zero-order valence-corrected chi connectivity index (χ0v) is 20.3. The predicted molar refractivity (Wildman–Crippen MR) is 135 cm³/mol. The molecule has 3 aromatic rings. The third kappa shape index (κ3) is 5.68. The Morgan fingerprint density at radius 3 is 2.49 bits per heavy atom. The van der Waals surface area contributed by atoms with Crippen molar-refractivity contribution < 1.29 is 24.1 Å². The van der Waals surface area contributed by atoms with Gasteiger partial charge in [-0.25, -0.2) is 0 Å². The highest BCUT2D eigenvalue weighted by Crippen LogP contribution is 2.54. The summed E-state index contributed by atoms with van der Waals surface area (Å²) in [5, 5.41) is 19.6. The van der Waals surface area contributed by atoms with Gasteiger partial charge in [0.2, 0.25) is 0 Å². The van der Waals surface area contributed by atoms with E-state index in [1.807, 2.05) is 36.4 Å². The number of hydrogen-bond donors (Lipinski definition) is 2. The van der Waals surface area contributed by atoms with Crippen LogP contribution in [-0.4, -0.2) is 48.0 Å². The lowest BCUT2D eigenvalue weighted by atomic mass is 10.00. The highest BCUT2D eigenvalue weighted by atomic mass is 32.2. The molecule has 35 heavy (non-hydrogen) atoms. The standard InChI is InChI=1S/C28H30FNO4S/c29-13-11-19-12-14-30(18-19)15-16-33-24-8-3-20(4-9-24)27-28(21-1-5-22(31)6-2-21)35-26-17-23(32)7-10-25(26)34-27/h1-10,17,19,27-28,31-32H,11-16,18H2/t19-,27+,28-/m1/s1. The Bertz CT molecular complexity index is 1120. The summed E-state index contributed by atoms with van der Waals surface area (Å²) in [5.74, 6) is 2.45. The molecule has 1 saturated heterocycles. The fourth-order valence-corrected chi connectivity index (χ4v) is 6.11. The van der Waals surface area contributed by atoms with Crippen LogP contribution in [0.5, 0.6) is 23.0 Å². The summed E-state index contributed by atoms with van der Waals surface area (Å²) in [6.45, 7) is 3.19. The molecule has 184 valence electrons. The summed E-state index contributed by atoms with van der Waals surface area (Å²) in [7, 11) is 0. The summed E-state index contributed by atoms with van der Waals surface area (Å²) in [6.07, 6.45) is 1.49. The Kier molecular flexibility index (Phi) is 7.35. The maximum absolute atomic E-state index is 12.6. The Morgan fingerprint density at radius 2 is 1.71 bits per heavy atom. The van der Waals surface area contributed by atoms with Crippen molar-refractivity contribution >= 4 is 11.8 Å². The van der Waals surface area contributed by atoms with Crippen LogP contribution in [0.15, 0.2) is 71.6 Å². The molecule has 3 aromatic carbocycles.